The van der Waals surface area contributed by atoms with Gasteiger partial charge in [-0.25, -0.2) is 0 Å². The second-order valence-corrected chi connectivity index (χ2v) is 8.93. The van der Waals surface area contributed by atoms with Crippen LogP contribution in [0.15, 0.2) is 47.4 Å². The highest BCUT2D eigenvalue weighted by Crippen LogP contribution is 2.35. The number of aromatic nitrogens is 1. The number of carbonyl (C=O) groups excluding carboxylic acids is 2. The fraction of sp³-hybridized carbons (Fsp3) is 0.370. The molecule has 1 N–H and O–H groups in total. The molecule has 10 nitrogen and oxygen atoms in total. The minimum atomic E-state index is -0.499. The maximum atomic E-state index is 13.1. The molecule has 0 unspecified atom stereocenters. The zero-order chi connectivity index (χ0) is 25.9. The van der Waals surface area contributed by atoms with Gasteiger partial charge in [0.05, 0.1) is 23.7 Å². The van der Waals surface area contributed by atoms with Crippen LogP contribution in [0.1, 0.15) is 23.7 Å². The van der Waals surface area contributed by atoms with Gasteiger partial charge in [-0.2, -0.15) is 0 Å². The van der Waals surface area contributed by atoms with E-state index in [4.69, 9.17) is 14.2 Å². The van der Waals surface area contributed by atoms with Crippen molar-refractivity contribution in [3.05, 3.63) is 58.4 Å². The molecule has 10 heteroatoms. The van der Waals surface area contributed by atoms with Crippen LogP contribution in [0, 0.1) is 0 Å². The summed E-state index contributed by atoms with van der Waals surface area (Å²) in [5.74, 6) is 1.35. The SMILES string of the molecule is CCn1cc(C(=O)NCCC(=O)N2CCN(c3ccccc3OC)CC2)c(=O)c2cc3c(cc21)OCO3. The lowest BCUT2D eigenvalue weighted by Crippen LogP contribution is -2.49. The van der Waals surface area contributed by atoms with E-state index in [1.165, 1.54) is 0 Å². The fourth-order valence-electron chi connectivity index (χ4n) is 4.83. The molecule has 3 heterocycles. The maximum Gasteiger partial charge on any atom is 0.256 e. The Kier molecular flexibility index (Phi) is 6.89. The summed E-state index contributed by atoms with van der Waals surface area (Å²) < 4.78 is 18.1. The molecule has 0 spiro atoms. The summed E-state index contributed by atoms with van der Waals surface area (Å²) in [4.78, 5) is 42.8. The zero-order valence-electron chi connectivity index (χ0n) is 21.0. The summed E-state index contributed by atoms with van der Waals surface area (Å²) in [7, 11) is 1.65. The summed E-state index contributed by atoms with van der Waals surface area (Å²) in [5.41, 5.74) is 1.35. The second-order valence-electron chi connectivity index (χ2n) is 8.93. The van der Waals surface area contributed by atoms with E-state index in [9.17, 15) is 14.4 Å². The Morgan fingerprint density at radius 3 is 2.51 bits per heavy atom. The summed E-state index contributed by atoms with van der Waals surface area (Å²) in [5, 5.41) is 3.14. The molecule has 0 saturated carbocycles. The summed E-state index contributed by atoms with van der Waals surface area (Å²) >= 11 is 0. The molecule has 2 aliphatic heterocycles. The van der Waals surface area contributed by atoms with Gasteiger partial charge in [0, 0.05) is 58.0 Å². The molecule has 194 valence electrons. The van der Waals surface area contributed by atoms with E-state index in [1.54, 1.807) is 30.3 Å². The van der Waals surface area contributed by atoms with E-state index in [2.05, 4.69) is 10.2 Å². The van der Waals surface area contributed by atoms with Gasteiger partial charge in [-0.3, -0.25) is 14.4 Å². The number of pyridine rings is 1. The van der Waals surface area contributed by atoms with Gasteiger partial charge in [0.15, 0.2) is 11.5 Å². The topological polar surface area (TPSA) is 102 Å². The van der Waals surface area contributed by atoms with Crippen molar-refractivity contribution in [3.63, 3.8) is 0 Å². The van der Waals surface area contributed by atoms with Crippen LogP contribution in [0.3, 0.4) is 0 Å². The maximum absolute atomic E-state index is 13.1. The Balaban J connectivity index is 1.19. The minimum absolute atomic E-state index is 0.0304. The van der Waals surface area contributed by atoms with Crippen LogP contribution < -0.4 is 29.9 Å². The molecule has 2 amide bonds. The number of amides is 2. The molecule has 1 fully saturated rings. The average Bonchev–Trinajstić information content (AvgIpc) is 3.40. The van der Waals surface area contributed by atoms with Crippen molar-refractivity contribution in [2.24, 2.45) is 0 Å². The lowest BCUT2D eigenvalue weighted by atomic mass is 10.1. The van der Waals surface area contributed by atoms with Crippen LogP contribution in [-0.4, -0.2) is 67.9 Å². The number of hydrogen-bond acceptors (Lipinski definition) is 7. The standard InChI is InChI=1S/C27H30N4O6/c1-3-29-16-19(26(33)18-14-23-24(15-21(18)29)37-17-36-23)27(34)28-9-8-25(32)31-12-10-30(11-13-31)20-6-4-5-7-22(20)35-2/h4-7,14-16H,3,8-13,17H2,1-2H3,(H,28,34). The monoisotopic (exact) mass is 506 g/mol. The Labute approximate surface area is 214 Å². The largest absolute Gasteiger partial charge is 0.495 e. The molecule has 37 heavy (non-hydrogen) atoms. The van der Waals surface area contributed by atoms with E-state index in [1.807, 2.05) is 35.8 Å². The van der Waals surface area contributed by atoms with E-state index in [0.717, 1.165) is 11.4 Å². The number of anilines is 1. The third kappa shape index (κ3) is 4.78. The number of rotatable bonds is 7. The summed E-state index contributed by atoms with van der Waals surface area (Å²) in [6.07, 6.45) is 1.72. The number of nitrogens with zero attached hydrogens (tertiary/aromatic N) is 3. The fourth-order valence-corrected chi connectivity index (χ4v) is 4.83. The molecule has 1 aromatic heterocycles. The summed E-state index contributed by atoms with van der Waals surface area (Å²) in [6, 6.07) is 11.2. The van der Waals surface area contributed by atoms with E-state index in [-0.39, 0.29) is 36.7 Å². The highest BCUT2D eigenvalue weighted by atomic mass is 16.7. The van der Waals surface area contributed by atoms with Crippen LogP contribution in [-0.2, 0) is 11.3 Å². The number of methoxy groups -OCH3 is 1. The van der Waals surface area contributed by atoms with Crippen molar-refractivity contribution in [3.8, 4) is 17.2 Å². The van der Waals surface area contributed by atoms with Crippen LogP contribution >= 0.6 is 0 Å². The molecular formula is C27H30N4O6. The Hall–Kier alpha value is -4.21. The van der Waals surface area contributed by atoms with Crippen LogP contribution in [0.5, 0.6) is 17.2 Å². The van der Waals surface area contributed by atoms with E-state index in [0.29, 0.717) is 55.1 Å². The summed E-state index contributed by atoms with van der Waals surface area (Å²) in [6.45, 7) is 5.32. The predicted molar refractivity (Wildman–Crippen MR) is 139 cm³/mol. The lowest BCUT2D eigenvalue weighted by molar-refractivity contribution is -0.131. The first-order valence-corrected chi connectivity index (χ1v) is 12.4. The molecule has 2 aliphatic rings. The van der Waals surface area contributed by atoms with Gasteiger partial charge in [-0.05, 0) is 25.1 Å². The van der Waals surface area contributed by atoms with Crippen LogP contribution in [0.2, 0.25) is 0 Å². The molecule has 3 aromatic rings. The molecule has 1 saturated heterocycles. The van der Waals surface area contributed by atoms with Crippen molar-refractivity contribution in [1.29, 1.82) is 0 Å². The molecule has 2 aromatic carbocycles. The van der Waals surface area contributed by atoms with Gasteiger partial charge in [-0.1, -0.05) is 12.1 Å². The number of para-hydroxylation sites is 2. The average molecular weight is 507 g/mol. The molecule has 5 rings (SSSR count). The predicted octanol–water partition coefficient (Wildman–Crippen LogP) is 2.23. The molecule has 0 bridgehead atoms. The van der Waals surface area contributed by atoms with E-state index >= 15 is 0 Å². The zero-order valence-corrected chi connectivity index (χ0v) is 21.0. The number of hydrogen-bond donors (Lipinski definition) is 1. The molecular weight excluding hydrogens is 476 g/mol. The van der Waals surface area contributed by atoms with Gasteiger partial charge in [0.25, 0.3) is 5.91 Å². The van der Waals surface area contributed by atoms with E-state index < -0.39 is 5.91 Å². The first-order chi connectivity index (χ1) is 18.0. The van der Waals surface area contributed by atoms with Gasteiger partial charge in [0.1, 0.15) is 11.3 Å². The third-order valence-corrected chi connectivity index (χ3v) is 6.84. The number of fused-ring (bicyclic) bond motifs is 2. The van der Waals surface area contributed by atoms with Crippen LogP contribution in [0.4, 0.5) is 5.69 Å². The normalized spacial score (nSPS) is 14.6. The Morgan fingerprint density at radius 1 is 1.05 bits per heavy atom. The van der Waals surface area contributed by atoms with Gasteiger partial charge < -0.3 is 33.9 Å². The highest BCUT2D eigenvalue weighted by Gasteiger charge is 2.24. The lowest BCUT2D eigenvalue weighted by Gasteiger charge is -2.36. The smallest absolute Gasteiger partial charge is 0.256 e. The number of aryl methyl sites for hydroxylation is 1. The van der Waals surface area contributed by atoms with Crippen molar-refractivity contribution < 1.29 is 23.8 Å². The number of benzene rings is 2. The first-order valence-electron chi connectivity index (χ1n) is 12.4. The number of nitrogens with one attached hydrogen (secondary N) is 1. The third-order valence-electron chi connectivity index (χ3n) is 6.84. The van der Waals surface area contributed by atoms with Gasteiger partial charge >= 0.3 is 0 Å². The van der Waals surface area contributed by atoms with Crippen molar-refractivity contribution in [2.75, 3.05) is 51.5 Å². The first kappa shape index (κ1) is 24.5. The molecule has 0 aliphatic carbocycles. The van der Waals surface area contributed by atoms with Crippen molar-refractivity contribution in [2.45, 2.75) is 19.9 Å². The van der Waals surface area contributed by atoms with Crippen molar-refractivity contribution >= 4 is 28.4 Å². The minimum Gasteiger partial charge on any atom is -0.495 e. The number of carbonyl (C=O) groups is 2. The molecule has 0 radical (unpaired) electrons. The van der Waals surface area contributed by atoms with Gasteiger partial charge in [-0.15, -0.1) is 0 Å². The van der Waals surface area contributed by atoms with Gasteiger partial charge in [0.2, 0.25) is 18.1 Å². The number of piperazine rings is 1. The Morgan fingerprint density at radius 2 is 1.78 bits per heavy atom. The molecule has 0 atom stereocenters. The van der Waals surface area contributed by atoms with Crippen LogP contribution in [0.25, 0.3) is 10.9 Å². The van der Waals surface area contributed by atoms with Crippen molar-refractivity contribution in [1.82, 2.24) is 14.8 Å². The second kappa shape index (κ2) is 10.4. The number of ether oxygens (including phenoxy) is 3. The highest BCUT2D eigenvalue weighted by molar-refractivity contribution is 5.98. The quantitative estimate of drug-likeness (QED) is 0.524. The Bertz CT molecular complexity index is 1390.